The second-order valence-electron chi connectivity index (χ2n) is 13.5. The van der Waals surface area contributed by atoms with Crippen LogP contribution in [0.25, 0.3) is 0 Å². The van der Waals surface area contributed by atoms with Crippen LogP contribution < -0.4 is 20.4 Å². The third-order valence-electron chi connectivity index (χ3n) is 9.71. The molecule has 2 saturated carbocycles. The van der Waals surface area contributed by atoms with Gasteiger partial charge in [-0.05, 0) is 94.0 Å². The molecule has 2 N–H and O–H groups in total. The van der Waals surface area contributed by atoms with Gasteiger partial charge in [0.05, 0.1) is 38.5 Å². The summed E-state index contributed by atoms with van der Waals surface area (Å²) in [4.78, 5) is 61.1. The van der Waals surface area contributed by atoms with Crippen molar-refractivity contribution in [1.82, 2.24) is 9.97 Å². The highest BCUT2D eigenvalue weighted by Gasteiger charge is 2.61. The summed E-state index contributed by atoms with van der Waals surface area (Å²) in [5.74, 6) is -1.29. The van der Waals surface area contributed by atoms with Crippen molar-refractivity contribution < 1.29 is 23.6 Å². The largest absolute Gasteiger partial charge is 0.322 e. The van der Waals surface area contributed by atoms with Crippen molar-refractivity contribution in [2.24, 2.45) is 0 Å². The molecule has 2 aliphatic carbocycles. The van der Waals surface area contributed by atoms with E-state index in [1.807, 2.05) is 30.0 Å². The number of halogens is 2. The van der Waals surface area contributed by atoms with Gasteiger partial charge in [-0.1, -0.05) is 23.7 Å². The first-order chi connectivity index (χ1) is 23.3. The molecule has 4 aliphatic rings. The van der Waals surface area contributed by atoms with Crippen molar-refractivity contribution in [2.45, 2.75) is 63.3 Å². The molecule has 4 aromatic rings. The van der Waals surface area contributed by atoms with Gasteiger partial charge < -0.3 is 20.4 Å². The number of anilines is 4. The standard InChI is InChI=1S/C20H19N3O2.C17H15ClFN3O2/c1-12-10-13(6-9-21-12)18(24)22-14-2-5-16-17(11-14)23(15-3-4-15)19(25)20(16)7-8-20;1-17(2)10-4-5-12(13(19)14(10)22(3)16(17)24)21-15(23)9-6-7-20-8-11(9)18/h2,5-6,9-11,15H,3-4,7-8H2,1H3,(H,22,24);4-8H,1-3H3,(H,21,23). The number of nitrogens with one attached hydrogen (secondary N) is 2. The van der Waals surface area contributed by atoms with Crippen molar-refractivity contribution >= 4 is 58.0 Å². The molecule has 0 unspecified atom stereocenters. The minimum atomic E-state index is -0.804. The number of aromatic nitrogens is 2. The highest BCUT2D eigenvalue weighted by Crippen LogP contribution is 2.59. The molecule has 4 heterocycles. The molecule has 0 bridgehead atoms. The zero-order chi connectivity index (χ0) is 34.8. The number of aryl methyl sites for hydroxylation is 1. The number of benzene rings is 2. The van der Waals surface area contributed by atoms with Crippen LogP contribution in [0.4, 0.5) is 27.1 Å². The first-order valence-corrected chi connectivity index (χ1v) is 16.5. The molecule has 1 spiro atoms. The fourth-order valence-corrected chi connectivity index (χ4v) is 6.95. The van der Waals surface area contributed by atoms with E-state index in [1.54, 1.807) is 38.2 Å². The van der Waals surface area contributed by atoms with Crippen molar-refractivity contribution in [3.63, 3.8) is 0 Å². The number of fused-ring (bicyclic) bond motifs is 3. The molecule has 2 fully saturated rings. The van der Waals surface area contributed by atoms with Gasteiger partial charge in [-0.3, -0.25) is 29.1 Å². The number of likely N-dealkylation sites (N-methyl/N-ethyl adjacent to an activating group) is 1. The van der Waals surface area contributed by atoms with Gasteiger partial charge in [0.1, 0.15) is 0 Å². The smallest absolute Gasteiger partial charge is 0.257 e. The molecule has 2 aromatic carbocycles. The maximum Gasteiger partial charge on any atom is 0.257 e. The highest BCUT2D eigenvalue weighted by molar-refractivity contribution is 6.34. The van der Waals surface area contributed by atoms with Gasteiger partial charge in [0, 0.05) is 48.6 Å². The van der Waals surface area contributed by atoms with Crippen LogP contribution in [-0.4, -0.2) is 46.7 Å². The Labute approximate surface area is 287 Å². The van der Waals surface area contributed by atoms with E-state index in [0.717, 1.165) is 48.3 Å². The van der Waals surface area contributed by atoms with E-state index in [9.17, 15) is 23.6 Å². The lowest BCUT2D eigenvalue weighted by Crippen LogP contribution is -2.33. The maximum atomic E-state index is 14.9. The molecule has 0 saturated heterocycles. The van der Waals surface area contributed by atoms with Gasteiger partial charge in [-0.25, -0.2) is 4.39 Å². The number of rotatable bonds is 5. The lowest BCUT2D eigenvalue weighted by molar-refractivity contribution is -0.122. The third kappa shape index (κ3) is 5.51. The van der Waals surface area contributed by atoms with Crippen LogP contribution in [0.15, 0.2) is 67.1 Å². The Balaban J connectivity index is 0.000000155. The lowest BCUT2D eigenvalue weighted by Gasteiger charge is -2.17. The Hall–Kier alpha value is -5.16. The fourth-order valence-electron chi connectivity index (χ4n) is 6.74. The normalized spacial score (nSPS) is 17.7. The zero-order valence-corrected chi connectivity index (χ0v) is 28.2. The number of carbonyl (C=O) groups excluding carboxylic acids is 4. The van der Waals surface area contributed by atoms with E-state index < -0.39 is 17.1 Å². The summed E-state index contributed by atoms with van der Waals surface area (Å²) < 4.78 is 14.9. The molecule has 2 aromatic heterocycles. The number of pyridine rings is 2. The summed E-state index contributed by atoms with van der Waals surface area (Å²) in [7, 11) is 1.52. The predicted octanol–water partition coefficient (Wildman–Crippen LogP) is 6.56. The van der Waals surface area contributed by atoms with E-state index in [2.05, 4.69) is 20.6 Å². The molecule has 49 heavy (non-hydrogen) atoms. The van der Waals surface area contributed by atoms with Gasteiger partial charge >= 0.3 is 0 Å². The molecule has 4 amide bonds. The summed E-state index contributed by atoms with van der Waals surface area (Å²) in [5, 5.41) is 5.62. The van der Waals surface area contributed by atoms with Gasteiger partial charge in [-0.15, -0.1) is 0 Å². The van der Waals surface area contributed by atoms with E-state index in [1.165, 1.54) is 36.5 Å². The molecule has 10 nitrogen and oxygen atoms in total. The Morgan fingerprint density at radius 1 is 0.939 bits per heavy atom. The van der Waals surface area contributed by atoms with E-state index in [0.29, 0.717) is 17.2 Å². The molecular weight excluding hydrogens is 647 g/mol. The number of hydrogen-bond acceptors (Lipinski definition) is 6. The number of hydrogen-bond donors (Lipinski definition) is 2. The van der Waals surface area contributed by atoms with E-state index in [4.69, 9.17) is 11.6 Å². The molecular formula is C37H34ClFN6O4. The zero-order valence-electron chi connectivity index (χ0n) is 27.4. The summed E-state index contributed by atoms with van der Waals surface area (Å²) >= 11 is 5.93. The second kappa shape index (κ2) is 11.8. The summed E-state index contributed by atoms with van der Waals surface area (Å²) in [6, 6.07) is 14.3. The lowest BCUT2D eigenvalue weighted by atomic mass is 9.86. The van der Waals surface area contributed by atoms with Crippen molar-refractivity contribution in [1.29, 1.82) is 0 Å². The number of amides is 4. The maximum absolute atomic E-state index is 14.9. The van der Waals surface area contributed by atoms with Gasteiger partial charge in [0.25, 0.3) is 11.8 Å². The van der Waals surface area contributed by atoms with Crippen LogP contribution in [0.1, 0.15) is 77.1 Å². The van der Waals surface area contributed by atoms with E-state index >= 15 is 0 Å². The van der Waals surface area contributed by atoms with Crippen LogP contribution in [0, 0.1) is 12.7 Å². The Morgan fingerprint density at radius 3 is 2.35 bits per heavy atom. The van der Waals surface area contributed by atoms with Crippen LogP contribution in [0.2, 0.25) is 5.02 Å². The summed E-state index contributed by atoms with van der Waals surface area (Å²) in [6.07, 6.45) is 8.45. The quantitative estimate of drug-likeness (QED) is 0.246. The van der Waals surface area contributed by atoms with Crippen LogP contribution in [0.5, 0.6) is 0 Å². The SMILES string of the molecule is CN1C(=O)C(C)(C)c2ccc(NC(=O)c3ccncc3Cl)c(F)c21.Cc1cc(C(=O)Nc2ccc3c(c2)N(C2CC2)C(=O)C32CC2)ccn1. The number of carbonyl (C=O) groups is 4. The van der Waals surface area contributed by atoms with E-state index in [-0.39, 0.29) is 45.1 Å². The van der Waals surface area contributed by atoms with Crippen molar-refractivity contribution in [3.05, 3.63) is 106 Å². The summed E-state index contributed by atoms with van der Waals surface area (Å²) in [5.41, 5.74) is 4.15. The topological polar surface area (TPSA) is 125 Å². The van der Waals surface area contributed by atoms with Crippen LogP contribution >= 0.6 is 11.6 Å². The van der Waals surface area contributed by atoms with Crippen molar-refractivity contribution in [2.75, 3.05) is 27.5 Å². The molecule has 0 radical (unpaired) electrons. The molecule has 12 heteroatoms. The third-order valence-corrected chi connectivity index (χ3v) is 10.0. The monoisotopic (exact) mass is 680 g/mol. The first kappa shape index (κ1) is 32.4. The van der Waals surface area contributed by atoms with Crippen LogP contribution in [0.3, 0.4) is 0 Å². The minimum absolute atomic E-state index is 0.0102. The van der Waals surface area contributed by atoms with Crippen LogP contribution in [-0.2, 0) is 20.4 Å². The highest BCUT2D eigenvalue weighted by atomic mass is 35.5. The van der Waals surface area contributed by atoms with Gasteiger partial charge in [0.15, 0.2) is 5.82 Å². The minimum Gasteiger partial charge on any atom is -0.322 e. The second-order valence-corrected chi connectivity index (χ2v) is 13.9. The molecule has 250 valence electrons. The first-order valence-electron chi connectivity index (χ1n) is 16.1. The molecule has 8 rings (SSSR count). The Kier molecular flexibility index (Phi) is 7.78. The Bertz CT molecular complexity index is 2080. The predicted molar refractivity (Wildman–Crippen MR) is 185 cm³/mol. The Morgan fingerprint density at radius 2 is 1.67 bits per heavy atom. The van der Waals surface area contributed by atoms with Crippen molar-refractivity contribution in [3.8, 4) is 0 Å². The fraction of sp³-hybridized carbons (Fsp3) is 0.297. The number of nitrogens with zero attached hydrogens (tertiary/aromatic N) is 4. The summed E-state index contributed by atoms with van der Waals surface area (Å²) in [6.45, 7) is 5.35. The average molecular weight is 681 g/mol. The molecule has 2 aliphatic heterocycles. The molecule has 0 atom stereocenters. The average Bonchev–Trinajstić information content (AvgIpc) is 4.01. The van der Waals surface area contributed by atoms with Gasteiger partial charge in [0.2, 0.25) is 11.8 Å². The van der Waals surface area contributed by atoms with Gasteiger partial charge in [-0.2, -0.15) is 0 Å².